The first-order chi connectivity index (χ1) is 8.68. The highest BCUT2D eigenvalue weighted by Crippen LogP contribution is 2.35. The average molecular weight is 263 g/mol. The molecule has 1 aliphatic heterocycles. The maximum absolute atomic E-state index is 10.3. The second kappa shape index (κ2) is 5.56. The summed E-state index contributed by atoms with van der Waals surface area (Å²) in [4.78, 5) is 10.3. The molecule has 1 aromatic carbocycles. The number of benzene rings is 1. The van der Waals surface area contributed by atoms with Gasteiger partial charge in [-0.1, -0.05) is 42.0 Å². The van der Waals surface area contributed by atoms with Gasteiger partial charge in [-0.15, -0.1) is 0 Å². The van der Waals surface area contributed by atoms with E-state index in [0.717, 1.165) is 23.0 Å². The lowest BCUT2D eigenvalue weighted by molar-refractivity contribution is -0.131. The van der Waals surface area contributed by atoms with E-state index < -0.39 is 5.97 Å². The standard InChI is InChI=1S/C14H11ClO3/c15-14-10(5-1-4-8-13(16)17)9-18-12-7-3-2-6-11(12)14/h1-8H,9H2,(H,16,17)/b5-1+,8-4+. The van der Waals surface area contributed by atoms with Crippen molar-refractivity contribution in [1.29, 1.82) is 0 Å². The first-order valence-corrected chi connectivity index (χ1v) is 5.75. The molecule has 0 fully saturated rings. The van der Waals surface area contributed by atoms with E-state index in [1.807, 2.05) is 24.3 Å². The van der Waals surface area contributed by atoms with Crippen LogP contribution in [-0.4, -0.2) is 17.7 Å². The fourth-order valence-electron chi connectivity index (χ4n) is 1.60. The van der Waals surface area contributed by atoms with Crippen LogP contribution in [0.1, 0.15) is 5.56 Å². The highest BCUT2D eigenvalue weighted by Gasteiger charge is 2.15. The zero-order valence-corrected chi connectivity index (χ0v) is 10.2. The molecule has 4 heteroatoms. The Morgan fingerprint density at radius 2 is 2.11 bits per heavy atom. The fraction of sp³-hybridized carbons (Fsp3) is 0.0714. The Morgan fingerprint density at radius 3 is 2.89 bits per heavy atom. The van der Waals surface area contributed by atoms with Crippen molar-refractivity contribution in [3.63, 3.8) is 0 Å². The number of aliphatic carboxylic acids is 1. The van der Waals surface area contributed by atoms with Crippen LogP contribution >= 0.6 is 11.6 Å². The van der Waals surface area contributed by atoms with Crippen molar-refractivity contribution in [2.24, 2.45) is 0 Å². The van der Waals surface area contributed by atoms with Crippen LogP contribution in [0.15, 0.2) is 54.1 Å². The maximum atomic E-state index is 10.3. The largest absolute Gasteiger partial charge is 0.488 e. The van der Waals surface area contributed by atoms with E-state index in [2.05, 4.69) is 0 Å². The van der Waals surface area contributed by atoms with E-state index >= 15 is 0 Å². The van der Waals surface area contributed by atoms with Crippen LogP contribution in [0.2, 0.25) is 0 Å². The first kappa shape index (κ1) is 12.5. The summed E-state index contributed by atoms with van der Waals surface area (Å²) < 4.78 is 5.55. The molecule has 1 N–H and O–H groups in total. The smallest absolute Gasteiger partial charge is 0.328 e. The van der Waals surface area contributed by atoms with E-state index in [1.54, 1.807) is 12.2 Å². The summed E-state index contributed by atoms with van der Waals surface area (Å²) in [7, 11) is 0. The third-order valence-electron chi connectivity index (χ3n) is 2.44. The molecule has 1 heterocycles. The van der Waals surface area contributed by atoms with Crippen LogP contribution < -0.4 is 4.74 Å². The highest BCUT2D eigenvalue weighted by molar-refractivity contribution is 6.50. The Hall–Kier alpha value is -2.00. The van der Waals surface area contributed by atoms with Gasteiger partial charge in [-0.3, -0.25) is 0 Å². The Morgan fingerprint density at radius 1 is 1.33 bits per heavy atom. The minimum absolute atomic E-state index is 0.382. The number of para-hydroxylation sites is 1. The normalized spacial score (nSPS) is 14.9. The van der Waals surface area contributed by atoms with Crippen LogP contribution in [0.5, 0.6) is 5.75 Å². The molecule has 0 amide bonds. The van der Waals surface area contributed by atoms with Gasteiger partial charge in [0.1, 0.15) is 12.4 Å². The highest BCUT2D eigenvalue weighted by atomic mass is 35.5. The number of carboxylic acid groups (broad SMARTS) is 1. The van der Waals surface area contributed by atoms with E-state index in [-0.39, 0.29) is 0 Å². The van der Waals surface area contributed by atoms with E-state index in [0.29, 0.717) is 11.6 Å². The zero-order valence-electron chi connectivity index (χ0n) is 9.47. The minimum Gasteiger partial charge on any atom is -0.488 e. The number of hydrogen-bond acceptors (Lipinski definition) is 2. The topological polar surface area (TPSA) is 46.5 Å². The molecule has 0 aliphatic carbocycles. The van der Waals surface area contributed by atoms with E-state index in [1.165, 1.54) is 6.08 Å². The number of halogens is 1. The van der Waals surface area contributed by atoms with Crippen molar-refractivity contribution < 1.29 is 14.6 Å². The second-order valence-corrected chi connectivity index (χ2v) is 4.06. The number of carbonyl (C=O) groups is 1. The lowest BCUT2D eigenvalue weighted by atomic mass is 10.1. The molecule has 92 valence electrons. The van der Waals surface area contributed by atoms with Gasteiger partial charge in [0.2, 0.25) is 0 Å². The molecule has 0 saturated heterocycles. The van der Waals surface area contributed by atoms with Crippen molar-refractivity contribution in [2.75, 3.05) is 6.61 Å². The molecule has 1 aliphatic rings. The lowest BCUT2D eigenvalue weighted by Crippen LogP contribution is -2.07. The number of carboxylic acids is 1. The van der Waals surface area contributed by atoms with Crippen LogP contribution in [-0.2, 0) is 4.79 Å². The van der Waals surface area contributed by atoms with Gasteiger partial charge in [-0.05, 0) is 12.1 Å². The van der Waals surface area contributed by atoms with Gasteiger partial charge in [0.15, 0.2) is 0 Å². The SMILES string of the molecule is O=C(O)/C=C/C=C/C1=C(Cl)c2ccccc2OC1. The predicted molar refractivity (Wildman–Crippen MR) is 70.6 cm³/mol. The number of fused-ring (bicyclic) bond motifs is 1. The quantitative estimate of drug-likeness (QED) is 0.672. The third kappa shape index (κ3) is 2.81. The summed E-state index contributed by atoms with van der Waals surface area (Å²) in [6.07, 6.45) is 5.88. The van der Waals surface area contributed by atoms with Gasteiger partial charge in [0.05, 0.1) is 5.03 Å². The molecule has 3 nitrogen and oxygen atoms in total. The van der Waals surface area contributed by atoms with Crippen LogP contribution in [0.3, 0.4) is 0 Å². The van der Waals surface area contributed by atoms with Crippen LogP contribution in [0.4, 0.5) is 0 Å². The molecule has 0 spiro atoms. The first-order valence-electron chi connectivity index (χ1n) is 5.37. The van der Waals surface area contributed by atoms with E-state index in [4.69, 9.17) is 21.4 Å². The third-order valence-corrected chi connectivity index (χ3v) is 2.88. The Balaban J connectivity index is 2.22. The molecule has 0 unspecified atom stereocenters. The molecule has 0 atom stereocenters. The van der Waals surface area contributed by atoms with Gasteiger partial charge in [0.25, 0.3) is 0 Å². The summed E-state index contributed by atoms with van der Waals surface area (Å²) in [6, 6.07) is 7.53. The lowest BCUT2D eigenvalue weighted by Gasteiger charge is -2.18. The van der Waals surface area contributed by atoms with Crippen molar-refractivity contribution in [3.05, 3.63) is 59.7 Å². The Bertz CT molecular complexity index is 556. The predicted octanol–water partition coefficient (Wildman–Crippen LogP) is 3.23. The van der Waals surface area contributed by atoms with Gasteiger partial charge >= 0.3 is 5.97 Å². The molecule has 0 aromatic heterocycles. The molecule has 0 bridgehead atoms. The summed E-state index contributed by atoms with van der Waals surface area (Å²) in [6.45, 7) is 0.382. The Kier molecular flexibility index (Phi) is 3.85. The summed E-state index contributed by atoms with van der Waals surface area (Å²) in [5.41, 5.74) is 1.68. The molecule has 0 saturated carbocycles. The summed E-state index contributed by atoms with van der Waals surface area (Å²) in [5.74, 6) is -0.217. The van der Waals surface area contributed by atoms with Crippen LogP contribution in [0, 0.1) is 0 Å². The van der Waals surface area contributed by atoms with Crippen molar-refractivity contribution in [3.8, 4) is 5.75 Å². The molecular weight excluding hydrogens is 252 g/mol. The molecule has 18 heavy (non-hydrogen) atoms. The number of hydrogen-bond donors (Lipinski definition) is 1. The molecular formula is C14H11ClO3. The maximum Gasteiger partial charge on any atom is 0.328 e. The van der Waals surface area contributed by atoms with Crippen LogP contribution in [0.25, 0.3) is 5.03 Å². The molecule has 0 radical (unpaired) electrons. The number of ether oxygens (including phenoxy) is 1. The van der Waals surface area contributed by atoms with E-state index in [9.17, 15) is 4.79 Å². The van der Waals surface area contributed by atoms with Gasteiger partial charge in [-0.25, -0.2) is 4.79 Å². The Labute approximate surface area is 110 Å². The average Bonchev–Trinajstić information content (AvgIpc) is 2.37. The summed E-state index contributed by atoms with van der Waals surface area (Å²) >= 11 is 6.26. The zero-order chi connectivity index (χ0) is 13.0. The summed E-state index contributed by atoms with van der Waals surface area (Å²) in [5, 5.41) is 9.09. The fourth-order valence-corrected chi connectivity index (χ4v) is 1.87. The minimum atomic E-state index is -0.982. The van der Waals surface area contributed by atoms with Crippen molar-refractivity contribution in [1.82, 2.24) is 0 Å². The van der Waals surface area contributed by atoms with Gasteiger partial charge in [-0.2, -0.15) is 0 Å². The number of rotatable bonds is 3. The van der Waals surface area contributed by atoms with Crippen molar-refractivity contribution in [2.45, 2.75) is 0 Å². The number of allylic oxidation sites excluding steroid dienone is 2. The molecule has 2 rings (SSSR count). The molecule has 1 aromatic rings. The van der Waals surface area contributed by atoms with Crippen molar-refractivity contribution >= 4 is 22.6 Å². The van der Waals surface area contributed by atoms with Gasteiger partial charge < -0.3 is 9.84 Å². The monoisotopic (exact) mass is 262 g/mol. The van der Waals surface area contributed by atoms with Gasteiger partial charge in [0, 0.05) is 17.2 Å². The second-order valence-electron chi connectivity index (χ2n) is 3.68.